The van der Waals surface area contributed by atoms with Gasteiger partial charge in [-0.2, -0.15) is 0 Å². The summed E-state index contributed by atoms with van der Waals surface area (Å²) in [5.74, 6) is 1.02. The topological polar surface area (TPSA) is 68.1 Å². The van der Waals surface area contributed by atoms with Crippen LogP contribution in [0.25, 0.3) is 0 Å². The second-order valence-corrected chi connectivity index (χ2v) is 4.54. The largest absolute Gasteiger partial charge is 0.364 e. The first-order valence-corrected chi connectivity index (χ1v) is 5.86. The third kappa shape index (κ3) is 4.38. The highest BCUT2D eigenvalue weighted by Crippen LogP contribution is 2.21. The summed E-state index contributed by atoms with van der Waals surface area (Å²) < 4.78 is 0. The van der Waals surface area contributed by atoms with E-state index in [1.54, 1.807) is 6.07 Å². The van der Waals surface area contributed by atoms with Crippen LogP contribution >= 0.6 is 0 Å². The van der Waals surface area contributed by atoms with Gasteiger partial charge in [0.2, 0.25) is 5.82 Å². The quantitative estimate of drug-likeness (QED) is 0.469. The van der Waals surface area contributed by atoms with E-state index in [1.165, 1.54) is 6.07 Å². The minimum absolute atomic E-state index is 0.0418. The molecule has 1 aromatic rings. The maximum Gasteiger partial charge on any atom is 0.311 e. The first kappa shape index (κ1) is 13.4. The van der Waals surface area contributed by atoms with Crippen LogP contribution in [0.2, 0.25) is 0 Å². The normalized spacial score (nSPS) is 10.6. The molecule has 5 heteroatoms. The second-order valence-electron chi connectivity index (χ2n) is 4.54. The second kappa shape index (κ2) is 6.18. The molecule has 17 heavy (non-hydrogen) atoms. The van der Waals surface area contributed by atoms with Crippen molar-refractivity contribution in [1.29, 1.82) is 0 Å². The Hall–Kier alpha value is -1.65. The fourth-order valence-corrected chi connectivity index (χ4v) is 1.54. The van der Waals surface area contributed by atoms with Gasteiger partial charge in [0.1, 0.15) is 0 Å². The van der Waals surface area contributed by atoms with Crippen LogP contribution in [0.5, 0.6) is 0 Å². The number of nitro groups is 1. The fourth-order valence-electron chi connectivity index (χ4n) is 1.54. The molecule has 0 atom stereocenters. The average molecular weight is 237 g/mol. The number of rotatable bonds is 6. The monoisotopic (exact) mass is 237 g/mol. The van der Waals surface area contributed by atoms with Crippen molar-refractivity contribution in [1.82, 2.24) is 4.98 Å². The number of anilines is 1. The van der Waals surface area contributed by atoms with Crippen LogP contribution in [0, 0.1) is 23.0 Å². The van der Waals surface area contributed by atoms with Gasteiger partial charge in [-0.25, -0.2) is 4.98 Å². The Bertz CT molecular complexity index is 391. The minimum atomic E-state index is -0.406. The Morgan fingerprint density at radius 1 is 1.47 bits per heavy atom. The smallest absolute Gasteiger partial charge is 0.311 e. The highest BCUT2D eigenvalue weighted by molar-refractivity contribution is 5.55. The molecule has 0 radical (unpaired) electrons. The molecule has 0 aliphatic carbocycles. The molecule has 0 spiro atoms. The van der Waals surface area contributed by atoms with Crippen molar-refractivity contribution in [2.45, 2.75) is 33.6 Å². The number of aryl methyl sites for hydroxylation is 1. The van der Waals surface area contributed by atoms with Gasteiger partial charge in [0.15, 0.2) is 0 Å². The number of hydrogen-bond acceptors (Lipinski definition) is 4. The number of pyridine rings is 1. The van der Waals surface area contributed by atoms with Crippen molar-refractivity contribution in [2.24, 2.45) is 5.92 Å². The van der Waals surface area contributed by atoms with Gasteiger partial charge in [-0.3, -0.25) is 10.1 Å². The third-order valence-corrected chi connectivity index (χ3v) is 2.46. The Kier molecular flexibility index (Phi) is 4.87. The van der Waals surface area contributed by atoms with Crippen LogP contribution in [0.1, 0.15) is 32.4 Å². The van der Waals surface area contributed by atoms with E-state index in [4.69, 9.17) is 0 Å². The molecule has 1 heterocycles. The third-order valence-electron chi connectivity index (χ3n) is 2.46. The molecule has 0 aliphatic heterocycles. The number of hydrogen-bond donors (Lipinski definition) is 1. The summed E-state index contributed by atoms with van der Waals surface area (Å²) in [5, 5.41) is 13.8. The highest BCUT2D eigenvalue weighted by atomic mass is 16.6. The van der Waals surface area contributed by atoms with Gasteiger partial charge in [0, 0.05) is 18.3 Å². The molecule has 0 unspecified atom stereocenters. The van der Waals surface area contributed by atoms with Crippen LogP contribution in [-0.2, 0) is 0 Å². The SMILES string of the molecule is Cc1ccc([N+](=O)[O-])c(NCCCC(C)C)n1. The highest BCUT2D eigenvalue weighted by Gasteiger charge is 2.14. The van der Waals surface area contributed by atoms with Gasteiger partial charge in [-0.15, -0.1) is 0 Å². The Morgan fingerprint density at radius 2 is 2.18 bits per heavy atom. The summed E-state index contributed by atoms with van der Waals surface area (Å²) in [4.78, 5) is 14.6. The zero-order valence-corrected chi connectivity index (χ0v) is 10.6. The van der Waals surface area contributed by atoms with E-state index in [0.29, 0.717) is 11.7 Å². The molecule has 5 nitrogen and oxygen atoms in total. The van der Waals surface area contributed by atoms with E-state index in [1.807, 2.05) is 6.92 Å². The van der Waals surface area contributed by atoms with E-state index >= 15 is 0 Å². The molecule has 0 aromatic carbocycles. The Labute approximate surface area is 101 Å². The van der Waals surface area contributed by atoms with Crippen molar-refractivity contribution in [2.75, 3.05) is 11.9 Å². The molecule has 94 valence electrons. The summed E-state index contributed by atoms with van der Waals surface area (Å²) in [6.45, 7) is 6.86. The zero-order valence-electron chi connectivity index (χ0n) is 10.6. The maximum absolute atomic E-state index is 10.8. The van der Waals surface area contributed by atoms with Crippen molar-refractivity contribution in [3.8, 4) is 0 Å². The van der Waals surface area contributed by atoms with E-state index < -0.39 is 4.92 Å². The van der Waals surface area contributed by atoms with E-state index in [-0.39, 0.29) is 5.69 Å². The number of aromatic nitrogens is 1. The van der Waals surface area contributed by atoms with Crippen molar-refractivity contribution in [3.63, 3.8) is 0 Å². The number of nitrogens with zero attached hydrogens (tertiary/aromatic N) is 2. The van der Waals surface area contributed by atoms with Gasteiger partial charge >= 0.3 is 5.69 Å². The fraction of sp³-hybridized carbons (Fsp3) is 0.583. The van der Waals surface area contributed by atoms with E-state index in [9.17, 15) is 10.1 Å². The van der Waals surface area contributed by atoms with Gasteiger partial charge in [0.05, 0.1) is 4.92 Å². The lowest BCUT2D eigenvalue weighted by molar-refractivity contribution is -0.384. The lowest BCUT2D eigenvalue weighted by atomic mass is 10.1. The van der Waals surface area contributed by atoms with Crippen molar-refractivity contribution < 1.29 is 4.92 Å². The molecule has 0 saturated heterocycles. The Balaban J connectivity index is 2.62. The predicted octanol–water partition coefficient (Wildman–Crippen LogP) is 3.15. The standard InChI is InChI=1S/C12H19N3O2/c1-9(2)5-4-8-13-12-11(15(16)17)7-6-10(3)14-12/h6-7,9H,4-5,8H2,1-3H3,(H,13,14). The molecular formula is C12H19N3O2. The van der Waals surface area contributed by atoms with Crippen LogP contribution in [0.3, 0.4) is 0 Å². The molecule has 0 aliphatic rings. The molecular weight excluding hydrogens is 218 g/mol. The molecule has 1 N–H and O–H groups in total. The first-order chi connectivity index (χ1) is 8.00. The predicted molar refractivity (Wildman–Crippen MR) is 68.2 cm³/mol. The summed E-state index contributed by atoms with van der Waals surface area (Å²) in [5.41, 5.74) is 0.821. The first-order valence-electron chi connectivity index (χ1n) is 5.86. The molecule has 0 fully saturated rings. The van der Waals surface area contributed by atoms with Gasteiger partial charge in [-0.1, -0.05) is 13.8 Å². The molecule has 1 rings (SSSR count). The molecule has 0 amide bonds. The molecule has 0 bridgehead atoms. The summed E-state index contributed by atoms with van der Waals surface area (Å²) in [6.07, 6.45) is 2.09. The van der Waals surface area contributed by atoms with Crippen LogP contribution in [0.15, 0.2) is 12.1 Å². The summed E-state index contributed by atoms with van der Waals surface area (Å²) in [7, 11) is 0. The van der Waals surface area contributed by atoms with E-state index in [0.717, 1.165) is 25.1 Å². The lowest BCUT2D eigenvalue weighted by Gasteiger charge is -2.08. The molecule has 0 saturated carbocycles. The van der Waals surface area contributed by atoms with Gasteiger partial charge in [-0.05, 0) is 31.7 Å². The van der Waals surface area contributed by atoms with Crippen LogP contribution in [0.4, 0.5) is 11.5 Å². The number of nitrogens with one attached hydrogen (secondary N) is 1. The maximum atomic E-state index is 10.8. The van der Waals surface area contributed by atoms with Crippen LogP contribution < -0.4 is 5.32 Å². The molecule has 1 aromatic heterocycles. The Morgan fingerprint density at radius 3 is 2.76 bits per heavy atom. The summed E-state index contributed by atoms with van der Waals surface area (Å²) in [6, 6.07) is 3.14. The van der Waals surface area contributed by atoms with Crippen molar-refractivity contribution in [3.05, 3.63) is 27.9 Å². The average Bonchev–Trinajstić information content (AvgIpc) is 2.23. The van der Waals surface area contributed by atoms with Crippen molar-refractivity contribution >= 4 is 11.5 Å². The van der Waals surface area contributed by atoms with Crippen LogP contribution in [-0.4, -0.2) is 16.5 Å². The zero-order chi connectivity index (χ0) is 12.8. The van der Waals surface area contributed by atoms with Gasteiger partial charge < -0.3 is 5.32 Å². The summed E-state index contributed by atoms with van der Waals surface area (Å²) >= 11 is 0. The van der Waals surface area contributed by atoms with E-state index in [2.05, 4.69) is 24.1 Å². The minimum Gasteiger partial charge on any atom is -0.364 e. The lowest BCUT2D eigenvalue weighted by Crippen LogP contribution is -2.07. The van der Waals surface area contributed by atoms with Gasteiger partial charge in [0.25, 0.3) is 0 Å².